The number of rotatable bonds is 8. The monoisotopic (exact) mass is 239 g/mol. The fourth-order valence-electron chi connectivity index (χ4n) is 1.12. The molecule has 0 aromatic heterocycles. The number of carboxylic acids is 2. The fourth-order valence-corrected chi connectivity index (χ4v) is 1.12. The molecule has 0 rings (SSSR count). The van der Waals surface area contributed by atoms with Crippen molar-refractivity contribution in [2.24, 2.45) is 5.73 Å². The SMILES string of the molecule is Cl.NC(CCCCCCC(=O)O)C(=O)O. The summed E-state index contributed by atoms with van der Waals surface area (Å²) < 4.78 is 0. The van der Waals surface area contributed by atoms with E-state index < -0.39 is 18.0 Å². The summed E-state index contributed by atoms with van der Waals surface area (Å²) in [5, 5.41) is 16.8. The standard InChI is InChI=1S/C9H17NO4.ClH/c10-7(9(13)14)5-3-1-2-4-6-8(11)12;/h7H,1-6,10H2,(H,11,12)(H,13,14);1H. The maximum atomic E-state index is 10.3. The van der Waals surface area contributed by atoms with Crippen LogP contribution in [0.3, 0.4) is 0 Å². The third kappa shape index (κ3) is 11.1. The molecule has 0 saturated heterocycles. The third-order valence-corrected chi connectivity index (χ3v) is 1.97. The van der Waals surface area contributed by atoms with Gasteiger partial charge in [-0.2, -0.15) is 0 Å². The largest absolute Gasteiger partial charge is 0.481 e. The summed E-state index contributed by atoms with van der Waals surface area (Å²) in [5.41, 5.74) is 5.29. The Morgan fingerprint density at radius 1 is 1.07 bits per heavy atom. The van der Waals surface area contributed by atoms with Crippen molar-refractivity contribution in [3.63, 3.8) is 0 Å². The Bertz CT molecular complexity index is 199. The van der Waals surface area contributed by atoms with E-state index in [4.69, 9.17) is 15.9 Å². The highest BCUT2D eigenvalue weighted by molar-refractivity contribution is 5.85. The number of nitrogens with two attached hydrogens (primary N) is 1. The summed E-state index contributed by atoms with van der Waals surface area (Å²) >= 11 is 0. The van der Waals surface area contributed by atoms with Gasteiger partial charge in [-0.1, -0.05) is 19.3 Å². The third-order valence-electron chi connectivity index (χ3n) is 1.97. The van der Waals surface area contributed by atoms with Crippen molar-refractivity contribution < 1.29 is 19.8 Å². The Morgan fingerprint density at radius 2 is 1.60 bits per heavy atom. The van der Waals surface area contributed by atoms with E-state index in [0.29, 0.717) is 12.8 Å². The minimum atomic E-state index is -0.976. The van der Waals surface area contributed by atoms with Gasteiger partial charge >= 0.3 is 11.9 Å². The molecule has 5 nitrogen and oxygen atoms in total. The van der Waals surface area contributed by atoms with E-state index >= 15 is 0 Å². The zero-order valence-corrected chi connectivity index (χ0v) is 9.33. The van der Waals surface area contributed by atoms with Gasteiger partial charge in [0.25, 0.3) is 0 Å². The van der Waals surface area contributed by atoms with Crippen LogP contribution in [0.25, 0.3) is 0 Å². The quantitative estimate of drug-likeness (QED) is 0.554. The number of aliphatic carboxylic acids is 2. The molecule has 0 aliphatic rings. The summed E-state index contributed by atoms with van der Waals surface area (Å²) in [6.07, 6.45) is 3.70. The first-order chi connectivity index (χ1) is 6.54. The van der Waals surface area contributed by atoms with Crippen LogP contribution in [0.15, 0.2) is 0 Å². The van der Waals surface area contributed by atoms with Crippen molar-refractivity contribution in [2.45, 2.75) is 44.6 Å². The van der Waals surface area contributed by atoms with Gasteiger partial charge in [0.05, 0.1) is 0 Å². The molecular formula is C9H18ClNO4. The number of halogens is 1. The predicted octanol–water partition coefficient (Wildman–Crippen LogP) is 1.25. The van der Waals surface area contributed by atoms with E-state index in [0.717, 1.165) is 19.3 Å². The van der Waals surface area contributed by atoms with E-state index in [-0.39, 0.29) is 18.8 Å². The number of unbranched alkanes of at least 4 members (excludes halogenated alkanes) is 3. The molecule has 0 bridgehead atoms. The first-order valence-corrected chi connectivity index (χ1v) is 4.74. The Balaban J connectivity index is 0. The van der Waals surface area contributed by atoms with Crippen molar-refractivity contribution in [3.8, 4) is 0 Å². The Kier molecular flexibility index (Phi) is 10.8. The van der Waals surface area contributed by atoms with Crippen molar-refractivity contribution in [3.05, 3.63) is 0 Å². The molecule has 6 heteroatoms. The molecule has 4 N–H and O–H groups in total. The van der Waals surface area contributed by atoms with Gasteiger partial charge in [-0.3, -0.25) is 9.59 Å². The van der Waals surface area contributed by atoms with Crippen molar-refractivity contribution in [1.29, 1.82) is 0 Å². The number of hydrogen-bond acceptors (Lipinski definition) is 3. The van der Waals surface area contributed by atoms with Gasteiger partial charge in [0, 0.05) is 6.42 Å². The average Bonchev–Trinajstić information content (AvgIpc) is 2.09. The second kappa shape index (κ2) is 9.73. The lowest BCUT2D eigenvalue weighted by Crippen LogP contribution is -2.29. The highest BCUT2D eigenvalue weighted by Crippen LogP contribution is 2.06. The van der Waals surface area contributed by atoms with Crippen molar-refractivity contribution in [1.82, 2.24) is 0 Å². The molecule has 0 amide bonds. The number of carbonyl (C=O) groups is 2. The smallest absolute Gasteiger partial charge is 0.320 e. The molecule has 0 radical (unpaired) electrons. The van der Waals surface area contributed by atoms with E-state index in [1.165, 1.54) is 0 Å². The fraction of sp³-hybridized carbons (Fsp3) is 0.778. The highest BCUT2D eigenvalue weighted by Gasteiger charge is 2.09. The topological polar surface area (TPSA) is 101 Å². The van der Waals surface area contributed by atoms with E-state index in [1.54, 1.807) is 0 Å². The summed E-state index contributed by atoms with van der Waals surface area (Å²) in [7, 11) is 0. The van der Waals surface area contributed by atoms with Crippen LogP contribution in [-0.4, -0.2) is 28.2 Å². The molecule has 0 spiro atoms. The van der Waals surface area contributed by atoms with Crippen LogP contribution in [-0.2, 0) is 9.59 Å². The molecule has 0 aromatic rings. The lowest BCUT2D eigenvalue weighted by Gasteiger charge is -2.04. The maximum absolute atomic E-state index is 10.3. The molecule has 1 unspecified atom stereocenters. The van der Waals surface area contributed by atoms with Crippen LogP contribution in [0.4, 0.5) is 0 Å². The van der Waals surface area contributed by atoms with Crippen molar-refractivity contribution >= 4 is 24.3 Å². The molecule has 0 fully saturated rings. The van der Waals surface area contributed by atoms with Crippen LogP contribution >= 0.6 is 12.4 Å². The minimum Gasteiger partial charge on any atom is -0.481 e. The van der Waals surface area contributed by atoms with E-state index in [1.807, 2.05) is 0 Å². The first-order valence-electron chi connectivity index (χ1n) is 4.74. The van der Waals surface area contributed by atoms with Gasteiger partial charge in [0.1, 0.15) is 6.04 Å². The normalized spacial score (nSPS) is 11.5. The van der Waals surface area contributed by atoms with Gasteiger partial charge in [-0.25, -0.2) is 0 Å². The van der Waals surface area contributed by atoms with Crippen LogP contribution in [0.1, 0.15) is 38.5 Å². The van der Waals surface area contributed by atoms with Gasteiger partial charge in [-0.15, -0.1) is 12.4 Å². The zero-order chi connectivity index (χ0) is 11.0. The van der Waals surface area contributed by atoms with E-state index in [2.05, 4.69) is 0 Å². The summed E-state index contributed by atoms with van der Waals surface area (Å²) in [6, 6.07) is -0.783. The molecule has 0 aliphatic carbocycles. The predicted molar refractivity (Wildman–Crippen MR) is 58.2 cm³/mol. The second-order valence-electron chi connectivity index (χ2n) is 3.29. The molecule has 0 heterocycles. The van der Waals surface area contributed by atoms with Crippen LogP contribution in [0.2, 0.25) is 0 Å². The number of carboxylic acid groups (broad SMARTS) is 2. The lowest BCUT2D eigenvalue weighted by atomic mass is 10.1. The Morgan fingerprint density at radius 3 is 2.07 bits per heavy atom. The molecular weight excluding hydrogens is 222 g/mol. The van der Waals surface area contributed by atoms with Crippen LogP contribution in [0.5, 0.6) is 0 Å². The minimum absolute atomic E-state index is 0. The Labute approximate surface area is 95.1 Å². The van der Waals surface area contributed by atoms with E-state index in [9.17, 15) is 9.59 Å². The first kappa shape index (κ1) is 16.6. The maximum Gasteiger partial charge on any atom is 0.320 e. The van der Waals surface area contributed by atoms with Crippen LogP contribution < -0.4 is 5.73 Å². The van der Waals surface area contributed by atoms with Crippen LogP contribution in [0, 0.1) is 0 Å². The van der Waals surface area contributed by atoms with Gasteiger partial charge < -0.3 is 15.9 Å². The molecule has 0 aliphatic heterocycles. The molecule has 15 heavy (non-hydrogen) atoms. The Hall–Kier alpha value is -0.810. The molecule has 0 saturated carbocycles. The average molecular weight is 240 g/mol. The summed E-state index contributed by atoms with van der Waals surface area (Å²) in [6.45, 7) is 0. The van der Waals surface area contributed by atoms with Gasteiger partial charge in [0.2, 0.25) is 0 Å². The lowest BCUT2D eigenvalue weighted by molar-refractivity contribution is -0.139. The molecule has 1 atom stereocenters. The van der Waals surface area contributed by atoms with Crippen molar-refractivity contribution in [2.75, 3.05) is 0 Å². The second-order valence-corrected chi connectivity index (χ2v) is 3.29. The zero-order valence-electron chi connectivity index (χ0n) is 8.52. The highest BCUT2D eigenvalue weighted by atomic mass is 35.5. The van der Waals surface area contributed by atoms with Gasteiger partial charge in [0.15, 0.2) is 0 Å². The summed E-state index contributed by atoms with van der Waals surface area (Å²) in [4.78, 5) is 20.4. The molecule has 0 aromatic carbocycles. The summed E-state index contributed by atoms with van der Waals surface area (Å²) in [5.74, 6) is -1.76. The van der Waals surface area contributed by atoms with Gasteiger partial charge in [-0.05, 0) is 12.8 Å². The number of hydrogen-bond donors (Lipinski definition) is 3. The molecule has 90 valence electrons.